The number of carbonyl (C=O) groups is 2. The lowest BCUT2D eigenvalue weighted by molar-refractivity contribution is 0.0550. The molecule has 6 nitrogen and oxygen atoms in total. The number of para-hydroxylation sites is 1. The molecule has 0 N–H and O–H groups in total. The van der Waals surface area contributed by atoms with Crippen LogP contribution in [0.3, 0.4) is 0 Å². The highest BCUT2D eigenvalue weighted by Gasteiger charge is 2.29. The molecule has 3 rings (SSSR count). The lowest BCUT2D eigenvalue weighted by Gasteiger charge is -2.09. The van der Waals surface area contributed by atoms with E-state index in [1.807, 2.05) is 42.5 Å². The van der Waals surface area contributed by atoms with Gasteiger partial charge in [0.1, 0.15) is 17.0 Å². The molecule has 0 aliphatic heterocycles. The van der Waals surface area contributed by atoms with E-state index >= 15 is 0 Å². The highest BCUT2D eigenvalue weighted by atomic mass is 16.5. The maximum atomic E-state index is 12.5. The van der Waals surface area contributed by atoms with Gasteiger partial charge in [0.25, 0.3) is 0 Å². The van der Waals surface area contributed by atoms with Crippen LogP contribution >= 0.6 is 0 Å². The fourth-order valence-electron chi connectivity index (χ4n) is 2.89. The summed E-state index contributed by atoms with van der Waals surface area (Å²) in [5, 5.41) is 0. The summed E-state index contributed by atoms with van der Waals surface area (Å²) in [6.45, 7) is 0. The summed E-state index contributed by atoms with van der Waals surface area (Å²) in [6, 6.07) is 16.5. The highest BCUT2D eigenvalue weighted by molar-refractivity contribution is 6.08. The van der Waals surface area contributed by atoms with Crippen molar-refractivity contribution in [2.24, 2.45) is 0 Å². The summed E-state index contributed by atoms with van der Waals surface area (Å²) in [4.78, 5) is 25.1. The Balaban J connectivity index is 2.30. The maximum Gasteiger partial charge on any atom is 0.355 e. The summed E-state index contributed by atoms with van der Waals surface area (Å²) in [5.74, 6) is -0.552. The SMILES string of the molecule is COC(=O)c1c(-c2ccc(OC)cc2)cn(-c2ccccc2)c1C(=O)OC. The van der Waals surface area contributed by atoms with Gasteiger partial charge < -0.3 is 18.8 Å². The zero-order valence-corrected chi connectivity index (χ0v) is 15.3. The van der Waals surface area contributed by atoms with Crippen molar-refractivity contribution in [1.29, 1.82) is 0 Å². The zero-order chi connectivity index (χ0) is 19.4. The monoisotopic (exact) mass is 365 g/mol. The number of nitrogens with zero attached hydrogens (tertiary/aromatic N) is 1. The number of esters is 2. The lowest BCUT2D eigenvalue weighted by Crippen LogP contribution is -2.15. The van der Waals surface area contributed by atoms with E-state index in [4.69, 9.17) is 14.2 Å². The van der Waals surface area contributed by atoms with Gasteiger partial charge in [-0.25, -0.2) is 9.59 Å². The van der Waals surface area contributed by atoms with Gasteiger partial charge in [-0.15, -0.1) is 0 Å². The minimum Gasteiger partial charge on any atom is -0.497 e. The summed E-state index contributed by atoms with van der Waals surface area (Å²) >= 11 is 0. The molecule has 0 saturated heterocycles. The van der Waals surface area contributed by atoms with Gasteiger partial charge in [0.05, 0.1) is 21.3 Å². The smallest absolute Gasteiger partial charge is 0.355 e. The van der Waals surface area contributed by atoms with Crippen molar-refractivity contribution < 1.29 is 23.8 Å². The number of hydrogen-bond donors (Lipinski definition) is 0. The number of hydrogen-bond acceptors (Lipinski definition) is 5. The Labute approximate surface area is 156 Å². The van der Waals surface area contributed by atoms with Crippen molar-refractivity contribution in [1.82, 2.24) is 4.57 Å². The topological polar surface area (TPSA) is 66.8 Å². The Kier molecular flexibility index (Phi) is 5.26. The Hall–Kier alpha value is -3.54. The second kappa shape index (κ2) is 7.78. The number of ether oxygens (including phenoxy) is 3. The van der Waals surface area contributed by atoms with Gasteiger partial charge in [-0.2, -0.15) is 0 Å². The van der Waals surface area contributed by atoms with Crippen molar-refractivity contribution in [3.05, 3.63) is 72.1 Å². The van der Waals surface area contributed by atoms with Crippen LogP contribution in [0, 0.1) is 0 Å². The molecular weight excluding hydrogens is 346 g/mol. The molecule has 3 aromatic rings. The van der Waals surface area contributed by atoms with Gasteiger partial charge in [-0.05, 0) is 29.8 Å². The van der Waals surface area contributed by atoms with Gasteiger partial charge in [-0.3, -0.25) is 0 Å². The number of benzene rings is 2. The maximum absolute atomic E-state index is 12.5. The number of rotatable bonds is 5. The second-order valence-corrected chi connectivity index (χ2v) is 5.68. The van der Waals surface area contributed by atoms with Crippen LogP contribution in [0.2, 0.25) is 0 Å². The Morgan fingerprint density at radius 3 is 2.00 bits per heavy atom. The first-order valence-electron chi connectivity index (χ1n) is 8.22. The summed E-state index contributed by atoms with van der Waals surface area (Å²) in [6.07, 6.45) is 1.73. The van der Waals surface area contributed by atoms with E-state index in [2.05, 4.69) is 0 Å². The van der Waals surface area contributed by atoms with Gasteiger partial charge in [0.2, 0.25) is 0 Å². The molecule has 0 fully saturated rings. The molecule has 0 atom stereocenters. The first kappa shape index (κ1) is 18.3. The molecule has 0 saturated carbocycles. The van der Waals surface area contributed by atoms with E-state index in [9.17, 15) is 9.59 Å². The van der Waals surface area contributed by atoms with Gasteiger partial charge in [0, 0.05) is 17.4 Å². The van der Waals surface area contributed by atoms with Gasteiger partial charge >= 0.3 is 11.9 Å². The molecule has 0 aliphatic carbocycles. The van der Waals surface area contributed by atoms with E-state index in [1.54, 1.807) is 30.0 Å². The standard InChI is InChI=1S/C21H19NO5/c1-25-16-11-9-14(10-12-16)17-13-22(15-7-5-4-6-8-15)19(21(24)27-3)18(17)20(23)26-2/h4-13H,1-3H3. The van der Waals surface area contributed by atoms with Crippen LogP contribution in [0.5, 0.6) is 5.75 Å². The van der Waals surface area contributed by atoms with Crippen LogP contribution in [0.4, 0.5) is 0 Å². The van der Waals surface area contributed by atoms with E-state index in [1.165, 1.54) is 14.2 Å². The van der Waals surface area contributed by atoms with Crippen LogP contribution < -0.4 is 4.74 Å². The van der Waals surface area contributed by atoms with Crippen LogP contribution in [0.15, 0.2) is 60.8 Å². The van der Waals surface area contributed by atoms with E-state index in [-0.39, 0.29) is 11.3 Å². The predicted octanol–water partition coefficient (Wildman–Crippen LogP) is 3.73. The molecule has 2 aromatic carbocycles. The van der Waals surface area contributed by atoms with Crippen molar-refractivity contribution in [2.45, 2.75) is 0 Å². The summed E-state index contributed by atoms with van der Waals surface area (Å²) in [5.41, 5.74) is 2.30. The normalized spacial score (nSPS) is 10.3. The van der Waals surface area contributed by atoms with Crippen LogP contribution in [-0.4, -0.2) is 37.8 Å². The number of methoxy groups -OCH3 is 3. The average Bonchev–Trinajstić information content (AvgIpc) is 3.14. The minimum atomic E-state index is -0.626. The Bertz CT molecular complexity index is 958. The van der Waals surface area contributed by atoms with Gasteiger partial charge in [-0.1, -0.05) is 30.3 Å². The lowest BCUT2D eigenvalue weighted by atomic mass is 10.0. The third-order valence-electron chi connectivity index (χ3n) is 4.21. The zero-order valence-electron chi connectivity index (χ0n) is 15.3. The molecule has 0 bridgehead atoms. The fraction of sp³-hybridized carbons (Fsp3) is 0.143. The molecule has 0 radical (unpaired) electrons. The Morgan fingerprint density at radius 1 is 0.815 bits per heavy atom. The van der Waals surface area contributed by atoms with Crippen molar-refractivity contribution in [3.8, 4) is 22.6 Å². The molecule has 0 aliphatic rings. The quantitative estimate of drug-likeness (QED) is 0.645. The minimum absolute atomic E-state index is 0.112. The molecule has 0 spiro atoms. The summed E-state index contributed by atoms with van der Waals surface area (Å²) in [7, 11) is 4.13. The second-order valence-electron chi connectivity index (χ2n) is 5.68. The molecular formula is C21H19NO5. The van der Waals surface area contributed by atoms with E-state index in [0.717, 1.165) is 11.3 Å². The van der Waals surface area contributed by atoms with Crippen LogP contribution in [-0.2, 0) is 9.47 Å². The number of carbonyl (C=O) groups excluding carboxylic acids is 2. The van der Waals surface area contributed by atoms with Gasteiger partial charge in [0.15, 0.2) is 0 Å². The van der Waals surface area contributed by atoms with Crippen LogP contribution in [0.25, 0.3) is 16.8 Å². The third kappa shape index (κ3) is 3.42. The van der Waals surface area contributed by atoms with E-state index < -0.39 is 11.9 Å². The van der Waals surface area contributed by atoms with Crippen molar-refractivity contribution in [2.75, 3.05) is 21.3 Å². The third-order valence-corrected chi connectivity index (χ3v) is 4.21. The van der Waals surface area contributed by atoms with E-state index in [0.29, 0.717) is 11.3 Å². The predicted molar refractivity (Wildman–Crippen MR) is 100 cm³/mol. The molecule has 0 amide bonds. The number of aromatic nitrogens is 1. The molecule has 6 heteroatoms. The van der Waals surface area contributed by atoms with Crippen molar-refractivity contribution >= 4 is 11.9 Å². The fourth-order valence-corrected chi connectivity index (χ4v) is 2.89. The largest absolute Gasteiger partial charge is 0.497 e. The molecule has 0 unspecified atom stereocenters. The molecule has 27 heavy (non-hydrogen) atoms. The van der Waals surface area contributed by atoms with Crippen molar-refractivity contribution in [3.63, 3.8) is 0 Å². The highest BCUT2D eigenvalue weighted by Crippen LogP contribution is 2.32. The molecule has 1 heterocycles. The summed E-state index contributed by atoms with van der Waals surface area (Å²) < 4.78 is 16.7. The first-order valence-corrected chi connectivity index (χ1v) is 8.22. The molecule has 138 valence electrons. The first-order chi connectivity index (χ1) is 13.1. The molecule has 1 aromatic heterocycles. The Morgan fingerprint density at radius 2 is 1.44 bits per heavy atom. The average molecular weight is 365 g/mol. The van der Waals surface area contributed by atoms with Crippen LogP contribution in [0.1, 0.15) is 20.8 Å².